The Kier molecular flexibility index (Phi) is 4.82. The number of rotatable bonds is 5. The number of aryl methyl sites for hydroxylation is 2. The van der Waals surface area contributed by atoms with Gasteiger partial charge in [0.2, 0.25) is 10.0 Å². The molecule has 21 heavy (non-hydrogen) atoms. The van der Waals surface area contributed by atoms with Gasteiger partial charge in [-0.2, -0.15) is 0 Å². The van der Waals surface area contributed by atoms with Gasteiger partial charge in [0.15, 0.2) is 0 Å². The Bertz CT molecular complexity index is 738. The molecular formula is C15H17N3O2S. The van der Waals surface area contributed by atoms with E-state index < -0.39 is 10.0 Å². The predicted octanol–water partition coefficient (Wildman–Crippen LogP) is 2.18. The van der Waals surface area contributed by atoms with E-state index in [9.17, 15) is 8.42 Å². The lowest BCUT2D eigenvalue weighted by Crippen LogP contribution is -2.21. The minimum absolute atomic E-state index is 0.143. The third-order valence-electron chi connectivity index (χ3n) is 2.83. The molecule has 0 saturated carbocycles. The Morgan fingerprint density at radius 3 is 2.52 bits per heavy atom. The van der Waals surface area contributed by atoms with Crippen molar-refractivity contribution in [2.24, 2.45) is 0 Å². The fraction of sp³-hybridized carbons (Fsp3) is 0.200. The Labute approximate surface area is 124 Å². The zero-order valence-corrected chi connectivity index (χ0v) is 12.8. The van der Waals surface area contributed by atoms with Crippen molar-refractivity contribution < 1.29 is 8.42 Å². The summed E-state index contributed by atoms with van der Waals surface area (Å²) in [5.74, 6) is 0. The van der Waals surface area contributed by atoms with E-state index in [1.807, 2.05) is 38.1 Å². The molecule has 6 heteroatoms. The van der Waals surface area contributed by atoms with E-state index in [1.54, 1.807) is 12.1 Å². The van der Waals surface area contributed by atoms with Crippen molar-refractivity contribution in [3.05, 3.63) is 64.6 Å². The van der Waals surface area contributed by atoms with Crippen molar-refractivity contribution in [3.8, 4) is 0 Å². The number of nitrogens with zero attached hydrogens (tertiary/aromatic N) is 2. The fourth-order valence-electron chi connectivity index (χ4n) is 1.67. The highest BCUT2D eigenvalue weighted by molar-refractivity contribution is 7.92. The Morgan fingerprint density at radius 1 is 1.14 bits per heavy atom. The van der Waals surface area contributed by atoms with Gasteiger partial charge in [0, 0.05) is 11.1 Å². The highest BCUT2D eigenvalue weighted by atomic mass is 32.2. The van der Waals surface area contributed by atoms with Crippen LogP contribution in [0.1, 0.15) is 22.5 Å². The summed E-state index contributed by atoms with van der Waals surface area (Å²) in [4.78, 5) is 7.97. The van der Waals surface area contributed by atoms with Crippen LogP contribution in [0, 0.1) is 13.8 Å². The second-order valence-electron chi connectivity index (χ2n) is 4.73. The Morgan fingerprint density at radius 2 is 1.86 bits per heavy atom. The molecule has 1 aromatic carbocycles. The molecule has 0 spiro atoms. The Hall–Kier alpha value is -2.05. The second kappa shape index (κ2) is 6.60. The molecule has 1 heterocycles. The summed E-state index contributed by atoms with van der Waals surface area (Å²) in [5, 5.41) is 1.16. The van der Waals surface area contributed by atoms with Crippen LogP contribution in [0.4, 0.5) is 0 Å². The molecule has 0 aliphatic carbocycles. The van der Waals surface area contributed by atoms with Crippen molar-refractivity contribution in [3.63, 3.8) is 0 Å². The van der Waals surface area contributed by atoms with Crippen molar-refractivity contribution in [2.45, 2.75) is 20.4 Å². The number of nitrogens with one attached hydrogen (secondary N) is 1. The first-order valence-electron chi connectivity index (χ1n) is 6.46. The third-order valence-corrected chi connectivity index (χ3v) is 3.87. The van der Waals surface area contributed by atoms with Gasteiger partial charge in [0.25, 0.3) is 0 Å². The maximum Gasteiger partial charge on any atom is 0.234 e. The first kappa shape index (κ1) is 15.3. The molecule has 0 aliphatic heterocycles. The van der Waals surface area contributed by atoms with E-state index in [1.165, 1.54) is 6.33 Å². The van der Waals surface area contributed by atoms with Crippen LogP contribution in [0.2, 0.25) is 0 Å². The summed E-state index contributed by atoms with van der Waals surface area (Å²) in [6, 6.07) is 9.35. The quantitative estimate of drug-likeness (QED) is 0.919. The summed E-state index contributed by atoms with van der Waals surface area (Å²) >= 11 is 0. The molecule has 0 bridgehead atoms. The summed E-state index contributed by atoms with van der Waals surface area (Å²) in [6.07, 6.45) is 2.98. The van der Waals surface area contributed by atoms with Gasteiger partial charge >= 0.3 is 0 Å². The number of sulfonamides is 1. The van der Waals surface area contributed by atoms with Crippen LogP contribution in [-0.4, -0.2) is 18.4 Å². The molecule has 1 aromatic heterocycles. The zero-order valence-electron chi connectivity index (χ0n) is 11.9. The molecule has 0 amide bonds. The van der Waals surface area contributed by atoms with Crippen molar-refractivity contribution >= 4 is 16.1 Å². The van der Waals surface area contributed by atoms with Gasteiger partial charge in [-0.25, -0.2) is 23.1 Å². The number of hydrogen-bond donors (Lipinski definition) is 1. The first-order valence-corrected chi connectivity index (χ1v) is 8.01. The van der Waals surface area contributed by atoms with Crippen molar-refractivity contribution in [2.75, 3.05) is 0 Å². The average Bonchev–Trinajstić information content (AvgIpc) is 2.45. The van der Waals surface area contributed by atoms with Crippen LogP contribution in [0.5, 0.6) is 0 Å². The molecule has 1 N–H and O–H groups in total. The van der Waals surface area contributed by atoms with Gasteiger partial charge < -0.3 is 0 Å². The summed E-state index contributed by atoms with van der Waals surface area (Å²) in [6.45, 7) is 3.95. The van der Waals surface area contributed by atoms with E-state index in [0.29, 0.717) is 5.69 Å². The van der Waals surface area contributed by atoms with Crippen LogP contribution in [0.3, 0.4) is 0 Å². The fourth-order valence-corrected chi connectivity index (χ4v) is 2.46. The lowest BCUT2D eigenvalue weighted by molar-refractivity contribution is 0.589. The van der Waals surface area contributed by atoms with Gasteiger partial charge in [0.1, 0.15) is 6.33 Å². The van der Waals surface area contributed by atoms with Gasteiger partial charge in [-0.05, 0) is 31.6 Å². The average molecular weight is 303 g/mol. The standard InChI is InChI=1S/C15H17N3O2S/c1-12-3-5-14(6-4-12)7-8-21(19,20)18-10-15-9-13(2)16-11-17-15/h3-9,11,18H,10H2,1-2H3/b8-7+. The first-order chi connectivity index (χ1) is 9.94. The van der Waals surface area contributed by atoms with Crippen LogP contribution in [0.15, 0.2) is 42.1 Å². The highest BCUT2D eigenvalue weighted by Crippen LogP contribution is 2.06. The molecule has 5 nitrogen and oxygen atoms in total. The summed E-state index contributed by atoms with van der Waals surface area (Å²) < 4.78 is 26.3. The van der Waals surface area contributed by atoms with Gasteiger partial charge in [-0.15, -0.1) is 0 Å². The van der Waals surface area contributed by atoms with E-state index in [4.69, 9.17) is 0 Å². The smallest absolute Gasteiger partial charge is 0.234 e. The molecule has 2 aromatic rings. The predicted molar refractivity (Wildman–Crippen MR) is 82.7 cm³/mol. The normalized spacial score (nSPS) is 11.9. The van der Waals surface area contributed by atoms with Crippen LogP contribution >= 0.6 is 0 Å². The molecule has 2 rings (SSSR count). The largest absolute Gasteiger partial charge is 0.242 e. The van der Waals surface area contributed by atoms with Gasteiger partial charge in [-0.1, -0.05) is 29.8 Å². The van der Waals surface area contributed by atoms with Crippen molar-refractivity contribution in [1.82, 2.24) is 14.7 Å². The molecule has 110 valence electrons. The molecule has 0 aliphatic rings. The topological polar surface area (TPSA) is 72.0 Å². The van der Waals surface area contributed by atoms with E-state index in [0.717, 1.165) is 22.2 Å². The lowest BCUT2D eigenvalue weighted by atomic mass is 10.2. The van der Waals surface area contributed by atoms with Gasteiger partial charge in [0.05, 0.1) is 12.2 Å². The number of benzene rings is 1. The maximum absolute atomic E-state index is 11.9. The molecule has 0 saturated heterocycles. The highest BCUT2D eigenvalue weighted by Gasteiger charge is 2.05. The Balaban J connectivity index is 2.00. The molecule has 0 unspecified atom stereocenters. The van der Waals surface area contributed by atoms with E-state index in [2.05, 4.69) is 14.7 Å². The number of aromatic nitrogens is 2. The molecule has 0 radical (unpaired) electrons. The monoisotopic (exact) mass is 303 g/mol. The number of hydrogen-bond acceptors (Lipinski definition) is 4. The molecule has 0 atom stereocenters. The van der Waals surface area contributed by atoms with Crippen LogP contribution < -0.4 is 4.72 Å². The lowest BCUT2D eigenvalue weighted by Gasteiger charge is -2.03. The van der Waals surface area contributed by atoms with Crippen LogP contribution in [-0.2, 0) is 16.6 Å². The summed E-state index contributed by atoms with van der Waals surface area (Å²) in [5.41, 5.74) is 3.40. The van der Waals surface area contributed by atoms with E-state index >= 15 is 0 Å². The second-order valence-corrected chi connectivity index (χ2v) is 6.38. The SMILES string of the molecule is Cc1ccc(/C=C/S(=O)(=O)NCc2cc(C)ncn2)cc1. The molecular weight excluding hydrogens is 286 g/mol. The van der Waals surface area contributed by atoms with Crippen LogP contribution in [0.25, 0.3) is 6.08 Å². The maximum atomic E-state index is 11.9. The molecule has 0 fully saturated rings. The van der Waals surface area contributed by atoms with E-state index in [-0.39, 0.29) is 6.54 Å². The minimum atomic E-state index is -3.49. The van der Waals surface area contributed by atoms with Gasteiger partial charge in [-0.3, -0.25) is 0 Å². The third kappa shape index (κ3) is 5.09. The minimum Gasteiger partial charge on any atom is -0.242 e. The summed E-state index contributed by atoms with van der Waals surface area (Å²) in [7, 11) is -3.49. The zero-order chi connectivity index (χ0) is 15.3. The van der Waals surface area contributed by atoms with Crippen molar-refractivity contribution in [1.29, 1.82) is 0 Å².